The van der Waals surface area contributed by atoms with Crippen LogP contribution in [0.1, 0.15) is 37.0 Å². The number of piperidine rings is 1. The molecule has 1 atom stereocenters. The van der Waals surface area contributed by atoms with Crippen LogP contribution in [0.3, 0.4) is 0 Å². The van der Waals surface area contributed by atoms with Crippen molar-refractivity contribution in [3.8, 4) is 5.75 Å². The fraction of sp³-hybridized carbons (Fsp3) is 0.550. The fourth-order valence-corrected chi connectivity index (χ4v) is 4.37. The number of aryl methyl sites for hydroxylation is 1. The number of hydrogen-bond donors (Lipinski definition) is 0. The summed E-state index contributed by atoms with van der Waals surface area (Å²) in [6.07, 6.45) is 2.89. The van der Waals surface area contributed by atoms with Gasteiger partial charge in [-0.05, 0) is 56.0 Å². The molecule has 2 aliphatic heterocycles. The van der Waals surface area contributed by atoms with Crippen molar-refractivity contribution in [3.05, 3.63) is 41.8 Å². The van der Waals surface area contributed by atoms with Crippen LogP contribution in [0, 0.1) is 18.2 Å². The average molecular weight is 388 g/mol. The monoisotopic (exact) mass is 388 g/mol. The maximum Gasteiger partial charge on any atom is 0.260 e. The Labute approximate surface area is 163 Å². The second-order valence-electron chi connectivity index (χ2n) is 7.93. The number of likely N-dealkylation sites (tertiary alicyclic amines) is 2. The van der Waals surface area contributed by atoms with Crippen LogP contribution in [0.25, 0.3) is 0 Å². The maximum absolute atomic E-state index is 12.9. The number of ether oxygens (including phenoxy) is 1. The second-order valence-corrected chi connectivity index (χ2v) is 7.93. The van der Waals surface area contributed by atoms with Gasteiger partial charge >= 0.3 is 0 Å². The van der Waals surface area contributed by atoms with E-state index >= 15 is 0 Å². The molecule has 28 heavy (non-hydrogen) atoms. The van der Waals surface area contributed by atoms with E-state index in [0.29, 0.717) is 11.6 Å². The van der Waals surface area contributed by atoms with Crippen molar-refractivity contribution in [1.82, 2.24) is 19.9 Å². The summed E-state index contributed by atoms with van der Waals surface area (Å²) in [4.78, 5) is 21.0. The molecule has 1 aromatic heterocycles. The summed E-state index contributed by atoms with van der Waals surface area (Å²) in [5.74, 6) is 1.49. The average Bonchev–Trinajstić information content (AvgIpc) is 3.25. The topological polar surface area (TPSA) is 71.7 Å². The number of benzene rings is 1. The Bertz CT molecular complexity index is 830. The molecule has 2 fully saturated rings. The molecule has 0 saturated carbocycles. The molecular formula is C20H25FN4O3. The van der Waals surface area contributed by atoms with Crippen molar-refractivity contribution in [1.29, 1.82) is 0 Å². The molecule has 4 rings (SSSR count). The lowest BCUT2D eigenvalue weighted by Gasteiger charge is -2.39. The van der Waals surface area contributed by atoms with E-state index in [0.717, 1.165) is 44.7 Å². The van der Waals surface area contributed by atoms with Gasteiger partial charge in [-0.1, -0.05) is 5.16 Å². The largest absolute Gasteiger partial charge is 0.484 e. The van der Waals surface area contributed by atoms with Gasteiger partial charge in [-0.2, -0.15) is 4.98 Å². The molecule has 0 N–H and O–H groups in total. The van der Waals surface area contributed by atoms with E-state index in [1.807, 2.05) is 4.90 Å². The summed E-state index contributed by atoms with van der Waals surface area (Å²) >= 11 is 0. The van der Waals surface area contributed by atoms with Gasteiger partial charge in [-0.3, -0.25) is 9.69 Å². The quantitative estimate of drug-likeness (QED) is 0.802. The summed E-state index contributed by atoms with van der Waals surface area (Å²) in [6, 6.07) is 5.87. The van der Waals surface area contributed by atoms with Gasteiger partial charge in [0.25, 0.3) is 5.91 Å². The Morgan fingerprint density at radius 3 is 2.68 bits per heavy atom. The minimum absolute atomic E-state index is 0.0245. The first kappa shape index (κ1) is 18.9. The molecule has 150 valence electrons. The Morgan fingerprint density at radius 2 is 2.04 bits per heavy atom. The standard InChI is InChI=1S/C20H25FN4O3/c1-14-22-19(23-28-14)17-11-20(13-24(17)2)7-9-25(10-8-20)18(26)12-27-16-5-3-15(21)4-6-16/h3-6,17H,7-13H2,1-2H3. The van der Waals surface area contributed by atoms with Gasteiger partial charge in [-0.15, -0.1) is 0 Å². The van der Waals surface area contributed by atoms with Gasteiger partial charge in [0.05, 0.1) is 6.04 Å². The van der Waals surface area contributed by atoms with E-state index in [2.05, 4.69) is 22.1 Å². The molecule has 1 amide bonds. The summed E-state index contributed by atoms with van der Waals surface area (Å²) in [5, 5.41) is 4.10. The third kappa shape index (κ3) is 3.87. The first-order valence-electron chi connectivity index (χ1n) is 9.61. The van der Waals surface area contributed by atoms with Crippen LogP contribution < -0.4 is 4.74 Å². The minimum atomic E-state index is -0.323. The number of nitrogens with zero attached hydrogens (tertiary/aromatic N) is 4. The van der Waals surface area contributed by atoms with Gasteiger partial charge in [0.2, 0.25) is 5.89 Å². The number of carbonyl (C=O) groups is 1. The zero-order chi connectivity index (χ0) is 19.7. The van der Waals surface area contributed by atoms with Crippen molar-refractivity contribution < 1.29 is 18.4 Å². The number of amides is 1. The van der Waals surface area contributed by atoms with Crippen LogP contribution in [0.4, 0.5) is 4.39 Å². The number of carbonyl (C=O) groups excluding carboxylic acids is 1. The molecule has 7 nitrogen and oxygen atoms in total. The normalized spacial score (nSPS) is 22.0. The Hall–Kier alpha value is -2.48. The van der Waals surface area contributed by atoms with Crippen molar-refractivity contribution >= 4 is 5.91 Å². The highest BCUT2D eigenvalue weighted by molar-refractivity contribution is 5.77. The Morgan fingerprint density at radius 1 is 1.32 bits per heavy atom. The van der Waals surface area contributed by atoms with Crippen molar-refractivity contribution in [3.63, 3.8) is 0 Å². The SMILES string of the molecule is Cc1nc(C2CC3(CCN(C(=O)COc4ccc(F)cc4)CC3)CN2C)no1. The lowest BCUT2D eigenvalue weighted by molar-refractivity contribution is -0.135. The zero-order valence-corrected chi connectivity index (χ0v) is 16.2. The van der Waals surface area contributed by atoms with Gasteiger partial charge in [-0.25, -0.2) is 4.39 Å². The van der Waals surface area contributed by atoms with Gasteiger partial charge in [0.15, 0.2) is 12.4 Å². The molecule has 1 unspecified atom stereocenters. The lowest BCUT2D eigenvalue weighted by atomic mass is 9.76. The summed E-state index contributed by atoms with van der Waals surface area (Å²) in [5.41, 5.74) is 0.183. The van der Waals surface area contributed by atoms with Gasteiger partial charge in [0, 0.05) is 26.6 Å². The van der Waals surface area contributed by atoms with Crippen LogP contribution in [-0.2, 0) is 4.79 Å². The first-order chi connectivity index (χ1) is 13.4. The Balaban J connectivity index is 1.30. The highest BCUT2D eigenvalue weighted by atomic mass is 19.1. The van der Waals surface area contributed by atoms with Gasteiger partial charge < -0.3 is 14.2 Å². The predicted octanol–water partition coefficient (Wildman–Crippen LogP) is 2.58. The third-order valence-corrected chi connectivity index (χ3v) is 5.94. The molecule has 8 heteroatoms. The number of rotatable bonds is 4. The second kappa shape index (κ2) is 7.50. The number of halogens is 1. The Kier molecular flexibility index (Phi) is 5.05. The van der Waals surface area contributed by atoms with E-state index in [4.69, 9.17) is 9.26 Å². The smallest absolute Gasteiger partial charge is 0.260 e. The third-order valence-electron chi connectivity index (χ3n) is 5.94. The molecule has 0 bridgehead atoms. The molecule has 3 heterocycles. The van der Waals surface area contributed by atoms with Crippen LogP contribution in [-0.4, -0.2) is 59.1 Å². The highest BCUT2D eigenvalue weighted by Crippen LogP contribution is 2.47. The molecule has 1 aromatic carbocycles. The summed E-state index contributed by atoms with van der Waals surface area (Å²) < 4.78 is 23.6. The van der Waals surface area contributed by atoms with Crippen molar-refractivity contribution in [2.75, 3.05) is 33.3 Å². The van der Waals surface area contributed by atoms with Crippen LogP contribution in [0.15, 0.2) is 28.8 Å². The maximum atomic E-state index is 12.9. The van der Waals surface area contributed by atoms with Crippen LogP contribution in [0.5, 0.6) is 5.75 Å². The molecule has 2 aromatic rings. The van der Waals surface area contributed by atoms with E-state index < -0.39 is 0 Å². The minimum Gasteiger partial charge on any atom is -0.484 e. The predicted molar refractivity (Wildman–Crippen MR) is 99.2 cm³/mol. The number of aromatic nitrogens is 2. The molecule has 1 spiro atoms. The zero-order valence-electron chi connectivity index (χ0n) is 16.2. The van der Waals surface area contributed by atoms with E-state index in [1.54, 1.807) is 6.92 Å². The molecule has 0 radical (unpaired) electrons. The van der Waals surface area contributed by atoms with Crippen molar-refractivity contribution in [2.24, 2.45) is 5.41 Å². The van der Waals surface area contributed by atoms with E-state index in [1.165, 1.54) is 24.3 Å². The lowest BCUT2D eigenvalue weighted by Crippen LogP contribution is -2.45. The van der Waals surface area contributed by atoms with Crippen molar-refractivity contribution in [2.45, 2.75) is 32.2 Å². The molecular weight excluding hydrogens is 363 g/mol. The van der Waals surface area contributed by atoms with Crippen LogP contribution >= 0.6 is 0 Å². The summed E-state index contributed by atoms with van der Waals surface area (Å²) in [6.45, 7) is 4.19. The number of hydrogen-bond acceptors (Lipinski definition) is 6. The molecule has 2 aliphatic rings. The van der Waals surface area contributed by atoms with Gasteiger partial charge in [0.1, 0.15) is 11.6 Å². The molecule has 0 aliphatic carbocycles. The van der Waals surface area contributed by atoms with E-state index in [-0.39, 0.29) is 29.8 Å². The highest BCUT2D eigenvalue weighted by Gasteiger charge is 2.46. The summed E-state index contributed by atoms with van der Waals surface area (Å²) in [7, 11) is 2.10. The fourth-order valence-electron chi connectivity index (χ4n) is 4.37. The van der Waals surface area contributed by atoms with E-state index in [9.17, 15) is 9.18 Å². The molecule has 2 saturated heterocycles. The first-order valence-corrected chi connectivity index (χ1v) is 9.61. The van der Waals surface area contributed by atoms with Crippen LogP contribution in [0.2, 0.25) is 0 Å².